The Labute approximate surface area is 153 Å². The maximum absolute atomic E-state index is 11.4. The Balaban J connectivity index is 1.55. The Hall–Kier alpha value is -2.07. The molecule has 0 aliphatic carbocycles. The third-order valence-corrected chi connectivity index (χ3v) is 4.32. The normalized spacial score (nSPS) is 16.5. The van der Waals surface area contributed by atoms with Gasteiger partial charge in [-0.25, -0.2) is 4.79 Å². The molecule has 0 spiro atoms. The highest BCUT2D eigenvalue weighted by Crippen LogP contribution is 2.18. The molecule has 1 aromatic carbocycles. The summed E-state index contributed by atoms with van der Waals surface area (Å²) in [7, 11) is 0. The number of Topliss-reactive ketones (excluding diaryl/α,β-unsaturated/α-hetero) is 1. The summed E-state index contributed by atoms with van der Waals surface area (Å²) in [5.74, 6) is -1.25. The molecule has 2 rings (SSSR count). The highest BCUT2D eigenvalue weighted by Gasteiger charge is 2.31. The first-order valence-electron chi connectivity index (χ1n) is 8.62. The second-order valence-corrected chi connectivity index (χ2v) is 6.52. The quantitative estimate of drug-likeness (QED) is 0.220. The van der Waals surface area contributed by atoms with Crippen LogP contribution in [0.2, 0.25) is 5.02 Å². The summed E-state index contributed by atoms with van der Waals surface area (Å²) in [6.07, 6.45) is 10.7. The number of benzene rings is 1. The molecule has 134 valence electrons. The highest BCUT2D eigenvalue weighted by molar-refractivity contribution is 6.30. The number of carbonyl (C=O) groups is 2. The minimum atomic E-state index is -0.699. The van der Waals surface area contributed by atoms with Crippen molar-refractivity contribution in [2.24, 2.45) is 0 Å². The van der Waals surface area contributed by atoms with E-state index in [2.05, 4.69) is 16.9 Å². The molecule has 1 aliphatic rings. The Morgan fingerprint density at radius 2 is 1.76 bits per heavy atom. The molecule has 4 nitrogen and oxygen atoms in total. The molecule has 1 saturated heterocycles. The average Bonchev–Trinajstić information content (AvgIpc) is 2.93. The minimum absolute atomic E-state index is 0.126. The molecule has 1 fully saturated rings. The molecule has 0 unspecified atom stereocenters. The summed E-state index contributed by atoms with van der Waals surface area (Å²) >= 11 is 5.84. The van der Waals surface area contributed by atoms with Gasteiger partial charge in [0.05, 0.1) is 0 Å². The molecule has 0 aromatic heterocycles. The van der Waals surface area contributed by atoms with Crippen molar-refractivity contribution >= 4 is 29.4 Å². The Morgan fingerprint density at radius 1 is 1.08 bits per heavy atom. The number of hydrogen-bond donors (Lipinski definition) is 1. The van der Waals surface area contributed by atoms with Crippen LogP contribution in [-0.2, 0) is 14.3 Å². The van der Waals surface area contributed by atoms with Crippen LogP contribution in [0.3, 0.4) is 0 Å². The van der Waals surface area contributed by atoms with Gasteiger partial charge in [-0.05, 0) is 37.0 Å². The van der Waals surface area contributed by atoms with Gasteiger partial charge in [-0.2, -0.15) is 0 Å². The Bertz CT molecular complexity index is 641. The molecule has 1 heterocycles. The maximum Gasteiger partial charge on any atom is 0.345 e. The lowest BCUT2D eigenvalue weighted by molar-refractivity contribution is -0.135. The zero-order valence-electron chi connectivity index (χ0n) is 14.2. The predicted molar refractivity (Wildman–Crippen MR) is 98.4 cm³/mol. The Kier molecular flexibility index (Phi) is 7.74. The van der Waals surface area contributed by atoms with Gasteiger partial charge in [-0.15, -0.1) is 0 Å². The lowest BCUT2D eigenvalue weighted by Gasteiger charge is -2.02. The zero-order chi connectivity index (χ0) is 18.1. The van der Waals surface area contributed by atoms with Crippen LogP contribution in [0.4, 0.5) is 0 Å². The van der Waals surface area contributed by atoms with Gasteiger partial charge in [-0.1, -0.05) is 55.1 Å². The fourth-order valence-corrected chi connectivity index (χ4v) is 2.80. The number of unbranched alkanes of at least 4 members (excludes halogenated alkanes) is 5. The van der Waals surface area contributed by atoms with Gasteiger partial charge in [0.1, 0.15) is 11.3 Å². The molecular formula is C20H23ClO4. The lowest BCUT2D eigenvalue weighted by atomic mass is 10.1. The van der Waals surface area contributed by atoms with Gasteiger partial charge in [0.2, 0.25) is 5.78 Å². The number of halogens is 1. The van der Waals surface area contributed by atoms with Crippen molar-refractivity contribution < 1.29 is 19.4 Å². The van der Waals surface area contributed by atoms with Crippen molar-refractivity contribution in [2.75, 3.05) is 6.61 Å². The van der Waals surface area contributed by atoms with Crippen molar-refractivity contribution in [3.8, 4) is 0 Å². The van der Waals surface area contributed by atoms with E-state index in [0.717, 1.165) is 49.1 Å². The van der Waals surface area contributed by atoms with Crippen molar-refractivity contribution in [3.63, 3.8) is 0 Å². The molecule has 1 N–H and O–H groups in total. The van der Waals surface area contributed by atoms with Gasteiger partial charge >= 0.3 is 5.97 Å². The number of allylic oxidation sites excluding steroid dienone is 2. The van der Waals surface area contributed by atoms with Crippen LogP contribution in [0.1, 0.15) is 50.5 Å². The second-order valence-electron chi connectivity index (χ2n) is 6.08. The number of aliphatic hydroxyl groups excluding tert-OH is 1. The van der Waals surface area contributed by atoms with Gasteiger partial charge < -0.3 is 9.84 Å². The summed E-state index contributed by atoms with van der Waals surface area (Å²) in [5.41, 5.74) is 0.986. The standard InChI is InChI=1S/C20H23ClO4/c21-16-12-10-15(11-13-16)8-6-4-2-1-3-5-7-9-17(22)19-18(23)14-25-20(19)24/h6,8,10-13,22H,1-5,7,9,14H2/b8-6+,19-17+. The first-order chi connectivity index (χ1) is 12.1. The van der Waals surface area contributed by atoms with Crippen LogP contribution in [0.25, 0.3) is 6.08 Å². The van der Waals surface area contributed by atoms with E-state index in [4.69, 9.17) is 11.6 Å². The molecular weight excluding hydrogens is 340 g/mol. The minimum Gasteiger partial charge on any atom is -0.511 e. The molecule has 0 saturated carbocycles. The topological polar surface area (TPSA) is 63.6 Å². The summed E-state index contributed by atoms with van der Waals surface area (Å²) in [6, 6.07) is 7.74. The van der Waals surface area contributed by atoms with Gasteiger partial charge in [0, 0.05) is 11.4 Å². The van der Waals surface area contributed by atoms with Crippen LogP contribution in [0.15, 0.2) is 41.7 Å². The first kappa shape index (κ1) is 19.3. The van der Waals surface area contributed by atoms with E-state index in [1.54, 1.807) is 0 Å². The third kappa shape index (κ3) is 6.39. The van der Waals surface area contributed by atoms with Crippen LogP contribution in [-0.4, -0.2) is 23.5 Å². The first-order valence-corrected chi connectivity index (χ1v) is 9.00. The monoisotopic (exact) mass is 362 g/mol. The summed E-state index contributed by atoms with van der Waals surface area (Å²) in [6.45, 7) is -0.248. The number of carbonyl (C=O) groups excluding carboxylic acids is 2. The summed E-state index contributed by atoms with van der Waals surface area (Å²) in [5, 5.41) is 10.6. The van der Waals surface area contributed by atoms with E-state index >= 15 is 0 Å². The van der Waals surface area contributed by atoms with Crippen LogP contribution < -0.4 is 0 Å². The van der Waals surface area contributed by atoms with E-state index in [0.29, 0.717) is 6.42 Å². The Morgan fingerprint density at radius 3 is 2.44 bits per heavy atom. The molecule has 0 bridgehead atoms. The molecule has 5 heteroatoms. The molecule has 0 amide bonds. The third-order valence-electron chi connectivity index (χ3n) is 4.07. The van der Waals surface area contributed by atoms with E-state index in [1.165, 1.54) is 0 Å². The van der Waals surface area contributed by atoms with Crippen LogP contribution in [0.5, 0.6) is 0 Å². The molecule has 0 radical (unpaired) electrons. The van der Waals surface area contributed by atoms with E-state index in [-0.39, 0.29) is 17.9 Å². The van der Waals surface area contributed by atoms with Crippen LogP contribution >= 0.6 is 11.6 Å². The lowest BCUT2D eigenvalue weighted by Crippen LogP contribution is -2.05. The SMILES string of the molecule is O=C1COC(=O)/C1=C(/O)CCCCCCC/C=C/c1ccc(Cl)cc1. The fourth-order valence-electron chi connectivity index (χ4n) is 2.67. The molecule has 25 heavy (non-hydrogen) atoms. The summed E-state index contributed by atoms with van der Waals surface area (Å²) in [4.78, 5) is 22.7. The number of ketones is 1. The van der Waals surface area contributed by atoms with E-state index in [1.807, 2.05) is 24.3 Å². The van der Waals surface area contributed by atoms with Crippen molar-refractivity contribution in [2.45, 2.75) is 44.9 Å². The number of esters is 1. The molecule has 1 aliphatic heterocycles. The number of rotatable bonds is 9. The van der Waals surface area contributed by atoms with E-state index < -0.39 is 11.8 Å². The highest BCUT2D eigenvalue weighted by atomic mass is 35.5. The fraction of sp³-hybridized carbons (Fsp3) is 0.400. The van der Waals surface area contributed by atoms with E-state index in [9.17, 15) is 14.7 Å². The van der Waals surface area contributed by atoms with Crippen LogP contribution in [0, 0.1) is 0 Å². The zero-order valence-corrected chi connectivity index (χ0v) is 14.9. The second kappa shape index (κ2) is 10.0. The largest absolute Gasteiger partial charge is 0.511 e. The van der Waals surface area contributed by atoms with Gasteiger partial charge in [0.25, 0.3) is 0 Å². The average molecular weight is 363 g/mol. The van der Waals surface area contributed by atoms with Crippen molar-refractivity contribution in [3.05, 3.63) is 52.3 Å². The van der Waals surface area contributed by atoms with Gasteiger partial charge in [0.15, 0.2) is 6.61 Å². The number of cyclic esters (lactones) is 1. The van der Waals surface area contributed by atoms with Crippen molar-refractivity contribution in [1.82, 2.24) is 0 Å². The number of aliphatic hydroxyl groups is 1. The molecule has 1 aromatic rings. The maximum atomic E-state index is 11.4. The molecule has 0 atom stereocenters. The predicted octanol–water partition coefficient (Wildman–Crippen LogP) is 5.02. The number of hydrogen-bond acceptors (Lipinski definition) is 4. The van der Waals surface area contributed by atoms with Crippen molar-refractivity contribution in [1.29, 1.82) is 0 Å². The number of ether oxygens (including phenoxy) is 1. The summed E-state index contributed by atoms with van der Waals surface area (Å²) < 4.78 is 4.60. The van der Waals surface area contributed by atoms with Gasteiger partial charge in [-0.3, -0.25) is 4.79 Å². The smallest absolute Gasteiger partial charge is 0.345 e.